The Bertz CT molecular complexity index is 3990. The summed E-state index contributed by atoms with van der Waals surface area (Å²) in [6, 6.07) is 27.5. The first kappa shape index (κ1) is 51.7. The van der Waals surface area contributed by atoms with Gasteiger partial charge < -0.3 is 23.1 Å². The number of rotatable bonds is 14. The Kier molecular flexibility index (Phi) is 13.0. The number of amides is 2. The van der Waals surface area contributed by atoms with Crippen LogP contribution in [0.25, 0.3) is 66.1 Å². The Balaban J connectivity index is 0.853. The first-order valence-electron chi connectivity index (χ1n) is 23.6. The normalized spacial score (nSPS) is 15.7. The molecule has 0 saturated carbocycles. The van der Waals surface area contributed by atoms with Crippen LogP contribution >= 0.6 is 31.9 Å². The van der Waals surface area contributed by atoms with Crippen molar-refractivity contribution in [2.75, 3.05) is 46.6 Å². The highest BCUT2D eigenvalue weighted by Gasteiger charge is 2.40. The van der Waals surface area contributed by atoms with E-state index in [1.165, 1.54) is 60.0 Å². The SMILES string of the molecule is CCN(O)S(=O)(=O)c1ccc2c3c(cc([N+](=O)[O-])c2c1)N(C(=O)c1cc2cc(-c4ccc(-c5ccc6oc(C(=O)N7CC(CBr)c8c7cc([N+](=O)[O-])c7cc(S(=O)(=O)N(O)CC)ccc87)cc6c5)o4)ccc2o1)CC3CBr. The van der Waals surface area contributed by atoms with Gasteiger partial charge in [-0.3, -0.25) is 40.2 Å². The molecule has 77 heavy (non-hydrogen) atoms. The number of carbonyl (C=O) groups is 2. The molecular formula is C52H40Br2N6O15S2. The van der Waals surface area contributed by atoms with E-state index < -0.39 is 53.1 Å². The summed E-state index contributed by atoms with van der Waals surface area (Å²) < 4.78 is 70.7. The van der Waals surface area contributed by atoms with Gasteiger partial charge in [-0.25, -0.2) is 16.8 Å². The van der Waals surface area contributed by atoms with Gasteiger partial charge in [-0.05, 0) is 121 Å². The van der Waals surface area contributed by atoms with Gasteiger partial charge in [0.25, 0.3) is 43.2 Å². The van der Waals surface area contributed by atoms with Crippen LogP contribution in [0.3, 0.4) is 0 Å². The molecule has 21 nitrogen and oxygen atoms in total. The molecule has 6 aromatic carbocycles. The molecule has 2 atom stereocenters. The molecule has 11 rings (SSSR count). The van der Waals surface area contributed by atoms with E-state index in [9.17, 15) is 57.1 Å². The number of carbonyl (C=O) groups excluding carboxylic acids is 2. The molecule has 0 radical (unpaired) electrons. The number of nitrogens with zero attached hydrogens (tertiary/aromatic N) is 6. The van der Waals surface area contributed by atoms with Crippen LogP contribution < -0.4 is 9.80 Å². The molecule has 2 amide bonds. The predicted octanol–water partition coefficient (Wildman–Crippen LogP) is 11.3. The number of anilines is 2. The van der Waals surface area contributed by atoms with Gasteiger partial charge in [0.2, 0.25) is 0 Å². The lowest BCUT2D eigenvalue weighted by Gasteiger charge is -2.17. The third kappa shape index (κ3) is 8.48. The van der Waals surface area contributed by atoms with Crippen molar-refractivity contribution >= 4 is 130 Å². The number of hydrogen-bond donors (Lipinski definition) is 2. The van der Waals surface area contributed by atoms with Gasteiger partial charge in [-0.1, -0.05) is 52.9 Å². The number of non-ortho nitro benzene ring substituents is 2. The first-order valence-corrected chi connectivity index (χ1v) is 28.8. The number of hydroxylamine groups is 2. The smallest absolute Gasteiger partial charge is 0.294 e. The van der Waals surface area contributed by atoms with E-state index in [0.29, 0.717) is 77.1 Å². The lowest BCUT2D eigenvalue weighted by atomic mass is 9.95. The number of fused-ring (bicyclic) bond motifs is 8. The molecule has 0 bridgehead atoms. The summed E-state index contributed by atoms with van der Waals surface area (Å²) in [5.74, 6) is -0.868. The largest absolute Gasteiger partial charge is 0.456 e. The minimum absolute atomic E-state index is 0.0279. The van der Waals surface area contributed by atoms with E-state index in [4.69, 9.17) is 13.3 Å². The molecule has 2 N–H and O–H groups in total. The fourth-order valence-corrected chi connectivity index (χ4v) is 13.5. The number of alkyl halides is 2. The van der Waals surface area contributed by atoms with E-state index in [2.05, 4.69) is 31.9 Å². The maximum atomic E-state index is 14.3. The standard InChI is InChI=1S/C52H40Br2N6O15S2/c1-3-57(63)76(69,70)33-7-9-35-37(19-33)39(59(65)66)21-41-49(35)31(23-53)25-55(41)51(61)47-17-29-15-27(5-11-45(29)74-47)43-13-14-44(73-43)28-6-12-46-30(16-28)18-48(75-46)52(62)56-26-32(24-54)50-36-10-8-34(77(71,72)58(64)4-2)20-38(36)40(60(67)68)22-42(50)56/h5-22,31-32,63-64H,3-4,23-26H2,1-2H3. The molecule has 0 fully saturated rings. The zero-order valence-corrected chi connectivity index (χ0v) is 45.1. The van der Waals surface area contributed by atoms with E-state index in [1.54, 1.807) is 60.7 Å². The quantitative estimate of drug-likeness (QED) is 0.0581. The maximum absolute atomic E-state index is 14.3. The Morgan fingerprint density at radius 2 is 0.987 bits per heavy atom. The average molecular weight is 1210 g/mol. The first-order chi connectivity index (χ1) is 36.8. The second-order valence-electron chi connectivity index (χ2n) is 18.3. The van der Waals surface area contributed by atoms with Crippen molar-refractivity contribution in [1.82, 2.24) is 8.94 Å². The number of hydrogen-bond acceptors (Lipinski definition) is 15. The van der Waals surface area contributed by atoms with Crippen molar-refractivity contribution < 1.29 is 59.9 Å². The van der Waals surface area contributed by atoms with Crippen LogP contribution in [0.2, 0.25) is 0 Å². The Morgan fingerprint density at radius 3 is 1.35 bits per heavy atom. The molecule has 2 unspecified atom stereocenters. The summed E-state index contributed by atoms with van der Waals surface area (Å²) in [4.78, 5) is 54.5. The van der Waals surface area contributed by atoms with E-state index in [1.807, 2.05) is 0 Å². The van der Waals surface area contributed by atoms with Crippen molar-refractivity contribution in [3.63, 3.8) is 0 Å². The summed E-state index contributed by atoms with van der Waals surface area (Å²) >= 11 is 7.05. The zero-order chi connectivity index (χ0) is 54.6. The summed E-state index contributed by atoms with van der Waals surface area (Å²) in [6.07, 6.45) is 0. The van der Waals surface area contributed by atoms with E-state index in [0.717, 1.165) is 12.1 Å². The molecule has 25 heteroatoms. The van der Waals surface area contributed by atoms with Crippen LogP contribution in [-0.2, 0) is 20.0 Å². The number of sulfonamides is 2. The van der Waals surface area contributed by atoms with Crippen LogP contribution in [0.15, 0.2) is 132 Å². The zero-order valence-electron chi connectivity index (χ0n) is 40.2. The summed E-state index contributed by atoms with van der Waals surface area (Å²) in [5.41, 5.74) is 2.99. The lowest BCUT2D eigenvalue weighted by Crippen LogP contribution is -2.29. The lowest BCUT2D eigenvalue weighted by molar-refractivity contribution is -0.383. The Hall–Kier alpha value is -7.36. The van der Waals surface area contributed by atoms with Crippen molar-refractivity contribution in [2.45, 2.75) is 35.5 Å². The second-order valence-corrected chi connectivity index (χ2v) is 23.3. The molecule has 2 aliphatic rings. The number of furan rings is 3. The topological polar surface area (TPSA) is 282 Å². The minimum Gasteiger partial charge on any atom is -0.456 e. The Morgan fingerprint density at radius 1 is 0.584 bits per heavy atom. The summed E-state index contributed by atoms with van der Waals surface area (Å²) in [6.45, 7) is 2.66. The van der Waals surface area contributed by atoms with Crippen LogP contribution in [0.4, 0.5) is 22.7 Å². The second kappa shape index (κ2) is 19.3. The molecular weight excluding hydrogens is 1170 g/mol. The number of nitro benzene ring substituents is 2. The highest BCUT2D eigenvalue weighted by atomic mass is 79.9. The Labute approximate surface area is 453 Å². The minimum atomic E-state index is -4.36. The van der Waals surface area contributed by atoms with Crippen LogP contribution in [-0.4, -0.2) is 94.7 Å². The molecule has 9 aromatic rings. The monoisotopic (exact) mass is 1210 g/mol. The van der Waals surface area contributed by atoms with E-state index in [-0.39, 0.29) is 90.4 Å². The molecule has 0 aliphatic carbocycles. The predicted molar refractivity (Wildman–Crippen MR) is 289 cm³/mol. The highest BCUT2D eigenvalue weighted by Crippen LogP contribution is 2.49. The fourth-order valence-electron chi connectivity index (χ4n) is 10.3. The van der Waals surface area contributed by atoms with Gasteiger partial charge in [0.05, 0.1) is 41.8 Å². The molecule has 2 aliphatic heterocycles. The number of nitro groups is 2. The van der Waals surface area contributed by atoms with Gasteiger partial charge in [0.1, 0.15) is 22.7 Å². The highest BCUT2D eigenvalue weighted by molar-refractivity contribution is 9.09. The fraction of sp³-hybridized carbons (Fsp3) is 0.192. The number of halogens is 2. The van der Waals surface area contributed by atoms with Crippen LogP contribution in [0.1, 0.15) is 57.9 Å². The van der Waals surface area contributed by atoms with Gasteiger partial charge in [0, 0.05) is 82.7 Å². The average Bonchev–Trinajstić information content (AvgIpc) is 4.40. The number of benzene rings is 6. The summed E-state index contributed by atoms with van der Waals surface area (Å²) in [5, 5.41) is 47.8. The molecule has 5 heterocycles. The van der Waals surface area contributed by atoms with Gasteiger partial charge in [-0.2, -0.15) is 0 Å². The third-order valence-electron chi connectivity index (χ3n) is 14.0. The van der Waals surface area contributed by atoms with Crippen molar-refractivity contribution in [2.24, 2.45) is 0 Å². The maximum Gasteiger partial charge on any atom is 0.294 e. The van der Waals surface area contributed by atoms with E-state index >= 15 is 0 Å². The van der Waals surface area contributed by atoms with Gasteiger partial charge >= 0.3 is 0 Å². The molecule has 0 saturated heterocycles. The molecule has 394 valence electrons. The third-order valence-corrected chi connectivity index (χ3v) is 18.9. The van der Waals surface area contributed by atoms with Crippen molar-refractivity contribution in [3.05, 3.63) is 152 Å². The van der Waals surface area contributed by atoms with Crippen LogP contribution in [0, 0.1) is 20.2 Å². The van der Waals surface area contributed by atoms with Crippen molar-refractivity contribution in [1.29, 1.82) is 0 Å². The van der Waals surface area contributed by atoms with Gasteiger partial charge in [-0.15, -0.1) is 0 Å². The van der Waals surface area contributed by atoms with Gasteiger partial charge in [0.15, 0.2) is 11.5 Å². The summed E-state index contributed by atoms with van der Waals surface area (Å²) in [7, 11) is -8.72. The molecule has 3 aromatic heterocycles. The molecule has 0 spiro atoms. The van der Waals surface area contributed by atoms with Crippen LogP contribution in [0.5, 0.6) is 0 Å². The van der Waals surface area contributed by atoms with Crippen molar-refractivity contribution in [3.8, 4) is 22.6 Å².